The summed E-state index contributed by atoms with van der Waals surface area (Å²) >= 11 is 0. The lowest BCUT2D eigenvalue weighted by atomic mass is 9.52. The minimum atomic E-state index is -4.54. The van der Waals surface area contributed by atoms with Crippen molar-refractivity contribution in [1.29, 1.82) is 0 Å². The molecule has 1 aromatic carbocycles. The maximum atomic E-state index is 14.0. The van der Waals surface area contributed by atoms with Crippen molar-refractivity contribution in [2.45, 2.75) is 68.7 Å². The third-order valence-electron chi connectivity index (χ3n) is 9.98. The highest BCUT2D eigenvalue weighted by molar-refractivity contribution is 5.99. The topological polar surface area (TPSA) is 53.4 Å². The van der Waals surface area contributed by atoms with Crippen LogP contribution in [-0.2, 0) is 0 Å². The summed E-state index contributed by atoms with van der Waals surface area (Å²) in [5, 5.41) is 7.14. The quantitative estimate of drug-likeness (QED) is 0.539. The van der Waals surface area contributed by atoms with Crippen molar-refractivity contribution in [3.05, 3.63) is 47.4 Å². The summed E-state index contributed by atoms with van der Waals surface area (Å²) in [6.45, 7) is 2.74. The number of fused-ring (bicyclic) bond motifs is 1. The highest BCUT2D eigenvalue weighted by atomic mass is 19.4. The van der Waals surface area contributed by atoms with Gasteiger partial charge in [0.05, 0.1) is 12.2 Å². The third kappa shape index (κ3) is 4.01. The fraction of sp³-hybridized carbons (Fsp3) is 0.643. The lowest BCUT2D eigenvalue weighted by molar-refractivity contribution is -0.173. The average molecular weight is 532 g/mol. The van der Waals surface area contributed by atoms with Crippen LogP contribution in [0, 0.1) is 23.6 Å². The van der Waals surface area contributed by atoms with Gasteiger partial charge in [-0.05, 0) is 74.0 Å². The lowest BCUT2D eigenvalue weighted by Crippen LogP contribution is -2.64. The van der Waals surface area contributed by atoms with Gasteiger partial charge in [0.25, 0.3) is 5.91 Å². The van der Waals surface area contributed by atoms with Crippen molar-refractivity contribution in [3.63, 3.8) is 0 Å². The van der Waals surface area contributed by atoms with Crippen molar-refractivity contribution in [3.8, 4) is 0 Å². The molecule has 38 heavy (non-hydrogen) atoms. The summed E-state index contributed by atoms with van der Waals surface area (Å²) in [5.74, 6) is 1.89. The molecule has 3 heterocycles. The highest BCUT2D eigenvalue weighted by Crippen LogP contribution is 2.58. The number of rotatable bonds is 3. The molecule has 2 atom stereocenters. The molecule has 6 aliphatic rings. The Labute approximate surface area is 219 Å². The molecule has 204 valence electrons. The van der Waals surface area contributed by atoms with E-state index >= 15 is 0 Å². The van der Waals surface area contributed by atoms with E-state index in [0.717, 1.165) is 35.5 Å². The number of aromatic nitrogens is 2. The Hall–Kier alpha value is -2.62. The standard InChI is InChI=1S/C28H33F4N5O/c29-21-3-1-20(2-4-21)23-12-24(28(30,31)32)37-25(34-23)22(16-33-37)26(38)35-5-7-36(8-6-35)27-13-17-9-18(14-27)11-19(10-17)15-27/h1-4,16-19,23-24,34H,5-15H2/t17?,18?,19?,23-,24+,27?/m0/s1. The van der Waals surface area contributed by atoms with Crippen LogP contribution in [0.25, 0.3) is 0 Å². The second-order valence-electron chi connectivity index (χ2n) is 12.3. The molecule has 1 aromatic heterocycles. The van der Waals surface area contributed by atoms with E-state index in [1.807, 2.05) is 0 Å². The van der Waals surface area contributed by atoms with Gasteiger partial charge in [-0.15, -0.1) is 0 Å². The summed E-state index contributed by atoms with van der Waals surface area (Å²) < 4.78 is 56.5. The summed E-state index contributed by atoms with van der Waals surface area (Å²) in [6, 6.07) is 2.85. The van der Waals surface area contributed by atoms with Gasteiger partial charge in [-0.1, -0.05) is 12.1 Å². The van der Waals surface area contributed by atoms with E-state index in [-0.39, 0.29) is 29.2 Å². The normalized spacial score (nSPS) is 34.7. The number of carbonyl (C=O) groups is 1. The summed E-state index contributed by atoms with van der Waals surface area (Å²) in [6.07, 6.45) is 4.42. The molecular weight excluding hydrogens is 498 g/mol. The zero-order chi connectivity index (χ0) is 26.2. The fourth-order valence-electron chi connectivity index (χ4n) is 8.64. The van der Waals surface area contributed by atoms with Gasteiger partial charge in [-0.25, -0.2) is 9.07 Å². The van der Waals surface area contributed by atoms with Crippen LogP contribution in [0.15, 0.2) is 30.5 Å². The molecular formula is C28H33F4N5O. The van der Waals surface area contributed by atoms with Gasteiger partial charge in [-0.3, -0.25) is 9.69 Å². The molecule has 10 heteroatoms. The van der Waals surface area contributed by atoms with Crippen LogP contribution in [0.3, 0.4) is 0 Å². The van der Waals surface area contributed by atoms with E-state index in [9.17, 15) is 22.4 Å². The van der Waals surface area contributed by atoms with E-state index in [1.54, 1.807) is 4.90 Å². The molecule has 1 N–H and O–H groups in total. The number of hydrogen-bond donors (Lipinski definition) is 1. The first-order valence-corrected chi connectivity index (χ1v) is 13.9. The Morgan fingerprint density at radius 2 is 1.53 bits per heavy atom. The molecule has 0 spiro atoms. The number of benzene rings is 1. The monoisotopic (exact) mass is 531 g/mol. The predicted octanol–water partition coefficient (Wildman–Crippen LogP) is 5.41. The van der Waals surface area contributed by atoms with Gasteiger partial charge in [0.1, 0.15) is 17.2 Å². The van der Waals surface area contributed by atoms with Crippen molar-refractivity contribution in [2.24, 2.45) is 17.8 Å². The first-order chi connectivity index (χ1) is 18.2. The molecule has 2 aliphatic heterocycles. The van der Waals surface area contributed by atoms with Gasteiger partial charge in [0, 0.05) is 38.1 Å². The first-order valence-electron chi connectivity index (χ1n) is 13.9. The van der Waals surface area contributed by atoms with Crippen molar-refractivity contribution in [2.75, 3.05) is 31.5 Å². The van der Waals surface area contributed by atoms with E-state index in [4.69, 9.17) is 0 Å². The molecule has 0 radical (unpaired) electrons. The number of nitrogens with one attached hydrogen (secondary N) is 1. The molecule has 1 saturated heterocycles. The molecule has 4 saturated carbocycles. The summed E-state index contributed by atoms with van der Waals surface area (Å²) in [4.78, 5) is 18.0. The molecule has 1 amide bonds. The number of amides is 1. The predicted molar refractivity (Wildman–Crippen MR) is 133 cm³/mol. The van der Waals surface area contributed by atoms with Gasteiger partial charge in [0.2, 0.25) is 0 Å². The largest absolute Gasteiger partial charge is 0.410 e. The van der Waals surface area contributed by atoms with Gasteiger partial charge in [0.15, 0.2) is 6.04 Å². The molecule has 4 aliphatic carbocycles. The van der Waals surface area contributed by atoms with Gasteiger partial charge < -0.3 is 10.2 Å². The van der Waals surface area contributed by atoms with Crippen LogP contribution < -0.4 is 5.32 Å². The summed E-state index contributed by atoms with van der Waals surface area (Å²) in [5.41, 5.74) is 0.981. The van der Waals surface area contributed by atoms with Crippen LogP contribution in [0.5, 0.6) is 0 Å². The van der Waals surface area contributed by atoms with Gasteiger partial charge >= 0.3 is 6.18 Å². The van der Waals surface area contributed by atoms with Crippen LogP contribution in [0.2, 0.25) is 0 Å². The Bertz CT molecular complexity index is 1180. The van der Waals surface area contributed by atoms with Crippen LogP contribution in [-0.4, -0.2) is 63.4 Å². The second-order valence-corrected chi connectivity index (χ2v) is 12.3. The Balaban J connectivity index is 1.10. The minimum Gasteiger partial charge on any atom is -0.363 e. The molecule has 0 unspecified atom stereocenters. The second kappa shape index (κ2) is 8.69. The van der Waals surface area contributed by atoms with E-state index in [2.05, 4.69) is 15.3 Å². The van der Waals surface area contributed by atoms with E-state index < -0.39 is 24.1 Å². The molecule has 6 nitrogen and oxygen atoms in total. The molecule has 2 aromatic rings. The van der Waals surface area contributed by atoms with Crippen molar-refractivity contribution < 1.29 is 22.4 Å². The van der Waals surface area contributed by atoms with Crippen LogP contribution in [0.4, 0.5) is 23.4 Å². The lowest BCUT2D eigenvalue weighted by Gasteiger charge is -2.61. The first kappa shape index (κ1) is 24.4. The maximum absolute atomic E-state index is 14.0. The molecule has 5 fully saturated rings. The number of halogens is 4. The maximum Gasteiger partial charge on any atom is 0.410 e. The van der Waals surface area contributed by atoms with Gasteiger partial charge in [-0.2, -0.15) is 18.3 Å². The van der Waals surface area contributed by atoms with Crippen LogP contribution >= 0.6 is 0 Å². The Morgan fingerprint density at radius 1 is 0.921 bits per heavy atom. The number of hydrogen-bond acceptors (Lipinski definition) is 4. The summed E-state index contributed by atoms with van der Waals surface area (Å²) in [7, 11) is 0. The number of piperazine rings is 1. The smallest absolute Gasteiger partial charge is 0.363 e. The Kier molecular flexibility index (Phi) is 5.59. The molecule has 8 rings (SSSR count). The van der Waals surface area contributed by atoms with Crippen molar-refractivity contribution >= 4 is 11.7 Å². The van der Waals surface area contributed by atoms with Crippen molar-refractivity contribution in [1.82, 2.24) is 19.6 Å². The minimum absolute atomic E-state index is 0.0846. The number of nitrogens with zero attached hydrogens (tertiary/aromatic N) is 4. The number of carbonyl (C=O) groups excluding carboxylic acids is 1. The van der Waals surface area contributed by atoms with E-state index in [0.29, 0.717) is 18.7 Å². The van der Waals surface area contributed by atoms with E-state index in [1.165, 1.54) is 69.0 Å². The average Bonchev–Trinajstić information content (AvgIpc) is 3.31. The zero-order valence-electron chi connectivity index (χ0n) is 21.3. The SMILES string of the molecule is O=C(c1cnn2c1N[C@H](c1ccc(F)cc1)C[C@@H]2C(F)(F)F)N1CCN(C23CC4CC(CC(C4)C2)C3)CC1. The number of anilines is 1. The third-order valence-corrected chi connectivity index (χ3v) is 9.98. The zero-order valence-corrected chi connectivity index (χ0v) is 21.3. The Morgan fingerprint density at radius 3 is 2.11 bits per heavy atom. The number of alkyl halides is 3. The molecule has 4 bridgehead atoms. The fourth-order valence-corrected chi connectivity index (χ4v) is 8.64. The highest BCUT2D eigenvalue weighted by Gasteiger charge is 2.54. The van der Waals surface area contributed by atoms with Crippen LogP contribution in [0.1, 0.15) is 73.0 Å².